The second-order valence-corrected chi connectivity index (χ2v) is 0. The minimum absolute atomic E-state index is 0. The third-order valence-corrected chi connectivity index (χ3v) is 0. The van der Waals surface area contributed by atoms with Crippen molar-refractivity contribution in [2.75, 3.05) is 0 Å². The summed E-state index contributed by atoms with van der Waals surface area (Å²) >= 11 is 0. The molecule has 0 saturated carbocycles. The molecule has 0 heterocycles. The molecule has 4 heavy (non-hydrogen) atoms. The predicted octanol–water partition coefficient (Wildman–Crippen LogP) is -0.0100. The number of hydrogen-bond acceptors (Lipinski definition) is 0. The average molecular weight is 372 g/mol. The Morgan fingerprint density at radius 1 is 0.250 bits per heavy atom. The zero-order valence-corrected chi connectivity index (χ0v) is 10.6. The van der Waals surface area contributed by atoms with E-state index in [2.05, 4.69) is 0 Å². The van der Waals surface area contributed by atoms with Crippen LogP contribution >= 0.6 is 0 Å². The Balaban J connectivity index is 0. The smallest absolute Gasteiger partial charge is 0 e. The summed E-state index contributed by atoms with van der Waals surface area (Å²) in [5.74, 6) is 0. The molecule has 0 amide bonds. The molecule has 0 saturated heterocycles. The van der Waals surface area contributed by atoms with Crippen LogP contribution in [-0.4, -0.2) is 0 Å². The fourth-order valence-electron chi connectivity index (χ4n) is 0. The molecular weight excluding hydrogens is 372 g/mol. The van der Waals surface area contributed by atoms with Gasteiger partial charge in [-0.2, -0.15) is 0 Å². The first kappa shape index (κ1) is 28.2. The summed E-state index contributed by atoms with van der Waals surface area (Å²) in [5, 5.41) is 0. The van der Waals surface area contributed by atoms with Gasteiger partial charge in [0.05, 0.1) is 0 Å². The van der Waals surface area contributed by atoms with Crippen molar-refractivity contribution in [3.8, 4) is 0 Å². The van der Waals surface area contributed by atoms with Crippen LogP contribution in [0.1, 0.15) is 0 Å². The largest absolute Gasteiger partial charge is 0 e. The second kappa shape index (κ2) is 16.7. The van der Waals surface area contributed by atoms with E-state index in [1.807, 2.05) is 0 Å². The van der Waals surface area contributed by atoms with Crippen molar-refractivity contribution in [3.63, 3.8) is 0 Å². The molecule has 0 aliphatic rings. The summed E-state index contributed by atoms with van der Waals surface area (Å²) in [6, 6.07) is 0. The van der Waals surface area contributed by atoms with Crippen LogP contribution < -0.4 is 0 Å². The maximum Gasteiger partial charge on any atom is 0 e. The summed E-state index contributed by atoms with van der Waals surface area (Å²) in [7, 11) is 0. The third-order valence-electron chi connectivity index (χ3n) is 0. The van der Waals surface area contributed by atoms with Gasteiger partial charge in [-0.3, -0.25) is 0 Å². The van der Waals surface area contributed by atoms with Crippen LogP contribution in [0.25, 0.3) is 0 Å². The monoisotopic (exact) mass is 372 g/mol. The first-order valence-corrected chi connectivity index (χ1v) is 0. The quantitative estimate of drug-likeness (QED) is 0.526. The molecule has 4 radical (unpaired) electrons. The van der Waals surface area contributed by atoms with Crippen LogP contribution in [0.15, 0.2) is 0 Å². The average Bonchev–Trinajstić information content (AvgIpc) is 0. The second-order valence-electron chi connectivity index (χ2n) is 0. The summed E-state index contributed by atoms with van der Waals surface area (Å²) in [5.41, 5.74) is 0. The first-order chi connectivity index (χ1) is 0. The maximum absolute atomic E-state index is 0. The van der Waals surface area contributed by atoms with Crippen molar-refractivity contribution in [2.24, 2.45) is 0 Å². The zero-order valence-electron chi connectivity index (χ0n) is 1.79. The van der Waals surface area contributed by atoms with Gasteiger partial charge in [0.2, 0.25) is 0 Å². The molecule has 0 nitrogen and oxygen atoms in total. The van der Waals surface area contributed by atoms with Crippen LogP contribution in [0.4, 0.5) is 0 Å². The molecule has 0 N–H and O–H groups in total. The standard InChI is InChI=1S/4Nb. The van der Waals surface area contributed by atoms with Crippen LogP contribution in [0.2, 0.25) is 0 Å². The van der Waals surface area contributed by atoms with Gasteiger partial charge < -0.3 is 0 Å². The van der Waals surface area contributed by atoms with E-state index < -0.39 is 0 Å². The van der Waals surface area contributed by atoms with Crippen LogP contribution in [0, 0.1) is 0 Å². The molecular formula is Nb4. The Labute approximate surface area is 87.9 Å². The molecule has 0 aliphatic heterocycles. The minimum atomic E-state index is 0. The van der Waals surface area contributed by atoms with Gasteiger partial charge in [-0.1, -0.05) is 0 Å². The number of hydrogen-bond donors (Lipinski definition) is 0. The van der Waals surface area contributed by atoms with Gasteiger partial charge in [-0.15, -0.1) is 0 Å². The van der Waals surface area contributed by atoms with E-state index in [0.29, 0.717) is 0 Å². The minimum Gasteiger partial charge on any atom is 0 e. The van der Waals surface area contributed by atoms with Gasteiger partial charge in [0, 0.05) is 89.5 Å². The van der Waals surface area contributed by atoms with Gasteiger partial charge in [-0.25, -0.2) is 0 Å². The molecule has 0 atom stereocenters. The van der Waals surface area contributed by atoms with E-state index in [0.717, 1.165) is 0 Å². The fourth-order valence-corrected chi connectivity index (χ4v) is 0. The van der Waals surface area contributed by atoms with Crippen molar-refractivity contribution in [1.29, 1.82) is 0 Å². The Morgan fingerprint density at radius 3 is 0.250 bits per heavy atom. The van der Waals surface area contributed by atoms with E-state index in [-0.39, 0.29) is 89.5 Å². The van der Waals surface area contributed by atoms with E-state index in [1.54, 1.807) is 0 Å². The van der Waals surface area contributed by atoms with Crippen LogP contribution in [0.5, 0.6) is 0 Å². The van der Waals surface area contributed by atoms with E-state index >= 15 is 0 Å². The fraction of sp³-hybridized carbons (Fsp3) is 0. The van der Waals surface area contributed by atoms with Crippen molar-refractivity contribution in [1.82, 2.24) is 0 Å². The summed E-state index contributed by atoms with van der Waals surface area (Å²) in [4.78, 5) is 0. The van der Waals surface area contributed by atoms with Crippen LogP contribution in [-0.2, 0) is 89.5 Å². The van der Waals surface area contributed by atoms with Gasteiger partial charge in [-0.05, 0) is 0 Å². The summed E-state index contributed by atoms with van der Waals surface area (Å²) in [6.07, 6.45) is 0. The molecule has 0 unspecified atom stereocenters. The van der Waals surface area contributed by atoms with E-state index in [4.69, 9.17) is 0 Å². The number of rotatable bonds is 0. The Hall–Kier alpha value is 2.96. The summed E-state index contributed by atoms with van der Waals surface area (Å²) < 4.78 is 0. The SMILES string of the molecule is [Nb].[Nb].[Nb].[Nb]. The van der Waals surface area contributed by atoms with Crippen molar-refractivity contribution < 1.29 is 89.5 Å². The molecule has 4 heteroatoms. The Kier molecular flexibility index (Phi) is 118. The van der Waals surface area contributed by atoms with Gasteiger partial charge in [0.25, 0.3) is 0 Å². The Bertz CT molecular complexity index is 0. The summed E-state index contributed by atoms with van der Waals surface area (Å²) in [6.45, 7) is 0. The first-order valence-electron chi connectivity index (χ1n) is 0. The molecule has 20 valence electrons. The van der Waals surface area contributed by atoms with Crippen molar-refractivity contribution in [2.45, 2.75) is 0 Å². The Morgan fingerprint density at radius 2 is 0.250 bits per heavy atom. The normalized spacial score (nSPS) is 0. The third kappa shape index (κ3) is 8.88. The van der Waals surface area contributed by atoms with E-state index in [1.165, 1.54) is 0 Å². The van der Waals surface area contributed by atoms with Gasteiger partial charge in [0.15, 0.2) is 0 Å². The predicted molar refractivity (Wildman–Crippen MR) is 0 cm³/mol. The molecule has 0 aromatic rings. The molecule has 0 aromatic carbocycles. The molecule has 0 fully saturated rings. The molecule has 0 spiro atoms. The topological polar surface area (TPSA) is 0 Å². The van der Waals surface area contributed by atoms with Crippen LogP contribution in [0.3, 0.4) is 0 Å². The molecule has 0 aromatic heterocycles. The van der Waals surface area contributed by atoms with Gasteiger partial charge >= 0.3 is 0 Å². The zero-order chi connectivity index (χ0) is 0. The van der Waals surface area contributed by atoms with Crippen molar-refractivity contribution >= 4 is 0 Å². The maximum atomic E-state index is 0. The molecule has 0 aliphatic carbocycles. The van der Waals surface area contributed by atoms with Gasteiger partial charge in [0.1, 0.15) is 0 Å². The van der Waals surface area contributed by atoms with E-state index in [9.17, 15) is 0 Å². The molecule has 0 rings (SSSR count). The molecule has 0 bridgehead atoms. The van der Waals surface area contributed by atoms with Crippen molar-refractivity contribution in [3.05, 3.63) is 0 Å².